The summed E-state index contributed by atoms with van der Waals surface area (Å²) in [4.78, 5) is 38.4. The van der Waals surface area contributed by atoms with Gasteiger partial charge in [-0.3, -0.25) is 9.69 Å². The molecule has 8 heteroatoms. The number of amides is 1. The van der Waals surface area contributed by atoms with Gasteiger partial charge >= 0.3 is 11.9 Å². The Hall–Kier alpha value is -3.81. The predicted octanol–water partition coefficient (Wildman–Crippen LogP) is 2.75. The zero-order valence-electron chi connectivity index (χ0n) is 15.9. The van der Waals surface area contributed by atoms with Gasteiger partial charge in [0, 0.05) is 11.4 Å². The summed E-state index contributed by atoms with van der Waals surface area (Å²) in [7, 11) is 0. The van der Waals surface area contributed by atoms with Crippen molar-refractivity contribution in [1.82, 2.24) is 0 Å². The fourth-order valence-corrected chi connectivity index (χ4v) is 3.16. The molecule has 1 atom stereocenters. The Morgan fingerprint density at radius 1 is 1.17 bits per heavy atom. The Bertz CT molecular complexity index is 1000. The number of benzene rings is 2. The average Bonchev–Trinajstić information content (AvgIpc) is 2.95. The second-order valence-corrected chi connectivity index (χ2v) is 6.56. The van der Waals surface area contributed by atoms with Crippen LogP contribution in [0.4, 0.5) is 11.4 Å². The SMILES string of the molecule is CCOC(=O)C1(C)C=C(Nc2ccc(O)c(C(=O)O)c2)C(=O)N1c1ccccc1. The number of ether oxygens (including phenoxy) is 1. The number of carboxylic acid groups (broad SMARTS) is 1. The number of carbonyl (C=O) groups is 3. The van der Waals surface area contributed by atoms with Crippen molar-refractivity contribution >= 4 is 29.2 Å². The number of carbonyl (C=O) groups excluding carboxylic acids is 2. The second-order valence-electron chi connectivity index (χ2n) is 6.56. The molecule has 0 saturated heterocycles. The van der Waals surface area contributed by atoms with Gasteiger partial charge in [0.1, 0.15) is 17.0 Å². The Morgan fingerprint density at radius 2 is 1.86 bits per heavy atom. The van der Waals surface area contributed by atoms with Crippen molar-refractivity contribution in [3.63, 3.8) is 0 Å². The van der Waals surface area contributed by atoms with Crippen molar-refractivity contribution in [3.05, 3.63) is 65.9 Å². The van der Waals surface area contributed by atoms with Gasteiger partial charge in [-0.1, -0.05) is 18.2 Å². The summed E-state index contributed by atoms with van der Waals surface area (Å²) in [5, 5.41) is 21.7. The zero-order chi connectivity index (χ0) is 21.2. The summed E-state index contributed by atoms with van der Waals surface area (Å²) in [6.45, 7) is 3.41. The normalized spacial score (nSPS) is 18.3. The third-order valence-electron chi connectivity index (χ3n) is 4.53. The molecule has 0 saturated carbocycles. The van der Waals surface area contributed by atoms with Crippen LogP contribution in [0.25, 0.3) is 0 Å². The molecular weight excluding hydrogens is 376 g/mol. The van der Waals surface area contributed by atoms with E-state index in [9.17, 15) is 19.5 Å². The summed E-state index contributed by atoms with van der Waals surface area (Å²) in [6.07, 6.45) is 1.45. The minimum absolute atomic E-state index is 0.0893. The number of aromatic hydroxyl groups is 1. The van der Waals surface area contributed by atoms with Crippen LogP contribution in [0.5, 0.6) is 5.75 Å². The van der Waals surface area contributed by atoms with Crippen LogP contribution < -0.4 is 10.2 Å². The molecule has 8 nitrogen and oxygen atoms in total. The minimum atomic E-state index is -1.39. The first-order chi connectivity index (χ1) is 13.8. The van der Waals surface area contributed by atoms with Gasteiger partial charge in [-0.2, -0.15) is 0 Å². The van der Waals surface area contributed by atoms with E-state index < -0.39 is 29.1 Å². The summed E-state index contributed by atoms with van der Waals surface area (Å²) in [6, 6.07) is 12.6. The van der Waals surface area contributed by atoms with Gasteiger partial charge in [-0.05, 0) is 50.3 Å². The van der Waals surface area contributed by atoms with Crippen molar-refractivity contribution in [1.29, 1.82) is 0 Å². The Labute approximate surface area is 167 Å². The molecule has 150 valence electrons. The molecule has 1 aliphatic heterocycles. The molecule has 1 heterocycles. The molecule has 1 aliphatic rings. The monoisotopic (exact) mass is 396 g/mol. The molecule has 2 aromatic carbocycles. The lowest BCUT2D eigenvalue weighted by Crippen LogP contribution is -2.51. The third-order valence-corrected chi connectivity index (χ3v) is 4.53. The van der Waals surface area contributed by atoms with E-state index in [1.807, 2.05) is 0 Å². The molecule has 1 unspecified atom stereocenters. The lowest BCUT2D eigenvalue weighted by Gasteiger charge is -2.32. The van der Waals surface area contributed by atoms with Crippen molar-refractivity contribution in [3.8, 4) is 5.75 Å². The van der Waals surface area contributed by atoms with E-state index in [0.29, 0.717) is 5.69 Å². The maximum Gasteiger partial charge on any atom is 0.339 e. The van der Waals surface area contributed by atoms with E-state index in [1.165, 1.54) is 29.2 Å². The molecule has 0 fully saturated rings. The highest BCUT2D eigenvalue weighted by molar-refractivity contribution is 6.16. The highest BCUT2D eigenvalue weighted by Crippen LogP contribution is 2.35. The fraction of sp³-hybridized carbons (Fsp3) is 0.190. The molecule has 29 heavy (non-hydrogen) atoms. The fourth-order valence-electron chi connectivity index (χ4n) is 3.16. The van der Waals surface area contributed by atoms with Crippen LogP contribution in [-0.4, -0.2) is 40.2 Å². The van der Waals surface area contributed by atoms with Gasteiger partial charge < -0.3 is 20.3 Å². The van der Waals surface area contributed by atoms with E-state index >= 15 is 0 Å². The zero-order valence-corrected chi connectivity index (χ0v) is 15.9. The second kappa shape index (κ2) is 7.67. The molecular formula is C21H20N2O6. The third kappa shape index (κ3) is 3.64. The minimum Gasteiger partial charge on any atom is -0.507 e. The van der Waals surface area contributed by atoms with Crippen LogP contribution >= 0.6 is 0 Å². The van der Waals surface area contributed by atoms with Crippen LogP contribution in [0.2, 0.25) is 0 Å². The number of carboxylic acids is 1. The lowest BCUT2D eigenvalue weighted by molar-refractivity contribution is -0.147. The highest BCUT2D eigenvalue weighted by atomic mass is 16.5. The quantitative estimate of drug-likeness (QED) is 0.508. The van der Waals surface area contributed by atoms with Gasteiger partial charge in [-0.15, -0.1) is 0 Å². The van der Waals surface area contributed by atoms with Crippen LogP contribution in [0.3, 0.4) is 0 Å². The van der Waals surface area contributed by atoms with Gasteiger partial charge in [-0.25, -0.2) is 9.59 Å². The lowest BCUT2D eigenvalue weighted by atomic mass is 10.0. The molecule has 0 aromatic heterocycles. The first-order valence-electron chi connectivity index (χ1n) is 8.91. The Kier molecular flexibility index (Phi) is 5.27. The van der Waals surface area contributed by atoms with Crippen LogP contribution in [0.15, 0.2) is 60.3 Å². The van der Waals surface area contributed by atoms with Gasteiger partial charge in [0.15, 0.2) is 5.54 Å². The molecule has 1 amide bonds. The number of aromatic carboxylic acids is 1. The van der Waals surface area contributed by atoms with Crippen LogP contribution in [-0.2, 0) is 14.3 Å². The highest BCUT2D eigenvalue weighted by Gasteiger charge is 2.49. The van der Waals surface area contributed by atoms with E-state index in [4.69, 9.17) is 9.84 Å². The van der Waals surface area contributed by atoms with E-state index in [0.717, 1.165) is 0 Å². The molecule has 0 aliphatic carbocycles. The Morgan fingerprint density at radius 3 is 2.48 bits per heavy atom. The summed E-state index contributed by atoms with van der Waals surface area (Å²) < 4.78 is 5.18. The van der Waals surface area contributed by atoms with Crippen LogP contribution in [0.1, 0.15) is 24.2 Å². The van der Waals surface area contributed by atoms with Gasteiger partial charge in [0.25, 0.3) is 5.91 Å². The van der Waals surface area contributed by atoms with Gasteiger partial charge in [0.05, 0.1) is 6.61 Å². The summed E-state index contributed by atoms with van der Waals surface area (Å²) in [5.74, 6) is -2.76. The van der Waals surface area contributed by atoms with E-state index in [-0.39, 0.29) is 23.6 Å². The molecule has 2 aromatic rings. The number of nitrogens with one attached hydrogen (secondary N) is 1. The maximum atomic E-state index is 13.1. The van der Waals surface area contributed by atoms with E-state index in [2.05, 4.69) is 5.32 Å². The number of esters is 1. The molecule has 0 spiro atoms. The molecule has 0 bridgehead atoms. The number of nitrogens with zero attached hydrogens (tertiary/aromatic N) is 1. The Balaban J connectivity index is 2.01. The first-order valence-corrected chi connectivity index (χ1v) is 8.91. The topological polar surface area (TPSA) is 116 Å². The van der Waals surface area contributed by atoms with Crippen molar-refractivity contribution in [2.45, 2.75) is 19.4 Å². The first kappa shape index (κ1) is 19.9. The van der Waals surface area contributed by atoms with Crippen molar-refractivity contribution in [2.24, 2.45) is 0 Å². The number of hydrogen-bond acceptors (Lipinski definition) is 6. The van der Waals surface area contributed by atoms with Crippen molar-refractivity contribution in [2.75, 3.05) is 16.8 Å². The van der Waals surface area contributed by atoms with Crippen LogP contribution in [0, 0.1) is 0 Å². The summed E-state index contributed by atoms with van der Waals surface area (Å²) >= 11 is 0. The van der Waals surface area contributed by atoms with Crippen molar-refractivity contribution < 1.29 is 29.3 Å². The number of rotatable bonds is 6. The maximum absolute atomic E-state index is 13.1. The standard InChI is InChI=1S/C21H20N2O6/c1-3-29-20(28)21(2)12-16(18(25)23(21)14-7-5-4-6-8-14)22-13-9-10-17(24)15(11-13)19(26)27/h4-12,22,24H,3H2,1-2H3,(H,26,27). The van der Waals surface area contributed by atoms with Gasteiger partial charge in [0.2, 0.25) is 0 Å². The predicted molar refractivity (Wildman–Crippen MR) is 106 cm³/mol. The number of para-hydroxylation sites is 1. The smallest absolute Gasteiger partial charge is 0.339 e. The summed E-state index contributed by atoms with van der Waals surface area (Å²) in [5.41, 5.74) is -0.817. The van der Waals surface area contributed by atoms with E-state index in [1.54, 1.807) is 44.2 Å². The molecule has 0 radical (unpaired) electrons. The number of hydrogen-bond donors (Lipinski definition) is 3. The number of phenols is 1. The largest absolute Gasteiger partial charge is 0.507 e. The number of anilines is 2. The molecule has 3 rings (SSSR count). The molecule has 3 N–H and O–H groups in total. The average molecular weight is 396 g/mol.